The molecule has 0 unspecified atom stereocenters. The van der Waals surface area contributed by atoms with E-state index in [1.54, 1.807) is 0 Å². The highest BCUT2D eigenvalue weighted by Gasteiger charge is 2.25. The molecular weight excluding hydrogens is 414 g/mol. The van der Waals surface area contributed by atoms with E-state index in [9.17, 15) is 0 Å². The normalized spacial score (nSPS) is 10.4. The second-order valence-corrected chi connectivity index (χ2v) is 7.76. The number of aliphatic imine (C=N–C) groups is 1. The number of para-hydroxylation sites is 5. The molecule has 0 saturated heterocycles. The summed E-state index contributed by atoms with van der Waals surface area (Å²) >= 11 is 0. The third kappa shape index (κ3) is 4.74. The summed E-state index contributed by atoms with van der Waals surface area (Å²) in [5.74, 6) is 0.779. The van der Waals surface area contributed by atoms with Crippen molar-refractivity contribution in [2.24, 2.45) is 4.99 Å². The molecule has 0 fully saturated rings. The minimum absolute atomic E-state index is 0.779. The number of nitrogens with zero attached hydrogens (tertiary/aromatic N) is 3. The monoisotopic (exact) mass is 439 g/mol. The fourth-order valence-corrected chi connectivity index (χ4v) is 3.89. The summed E-state index contributed by atoms with van der Waals surface area (Å²) < 4.78 is 0. The van der Waals surface area contributed by atoms with Crippen LogP contribution >= 0.6 is 0 Å². The van der Waals surface area contributed by atoms with Crippen molar-refractivity contribution in [2.75, 3.05) is 9.80 Å². The van der Waals surface area contributed by atoms with E-state index < -0.39 is 0 Å². The molecule has 0 aliphatic heterocycles. The van der Waals surface area contributed by atoms with Gasteiger partial charge in [-0.05, 0) is 60.7 Å². The second kappa shape index (κ2) is 10.3. The molecule has 3 heteroatoms. The number of guanidine groups is 1. The molecule has 0 atom stereocenters. The van der Waals surface area contributed by atoms with E-state index in [1.165, 1.54) is 0 Å². The minimum Gasteiger partial charge on any atom is -0.280 e. The van der Waals surface area contributed by atoms with Crippen molar-refractivity contribution < 1.29 is 0 Å². The van der Waals surface area contributed by atoms with E-state index in [-0.39, 0.29) is 0 Å². The zero-order valence-corrected chi connectivity index (χ0v) is 18.8. The summed E-state index contributed by atoms with van der Waals surface area (Å²) in [6.45, 7) is 0. The first kappa shape index (κ1) is 21.2. The first-order chi connectivity index (χ1) is 16.9. The Morgan fingerprint density at radius 2 is 0.618 bits per heavy atom. The van der Waals surface area contributed by atoms with Gasteiger partial charge in [0.2, 0.25) is 5.96 Å². The lowest BCUT2D eigenvalue weighted by molar-refractivity contribution is 1.21. The van der Waals surface area contributed by atoms with Gasteiger partial charge in [-0.15, -0.1) is 0 Å². The van der Waals surface area contributed by atoms with Crippen LogP contribution in [0.2, 0.25) is 0 Å². The summed E-state index contributed by atoms with van der Waals surface area (Å²) in [7, 11) is 0. The Hall–Kier alpha value is -4.63. The summed E-state index contributed by atoms with van der Waals surface area (Å²) in [4.78, 5) is 9.64. The summed E-state index contributed by atoms with van der Waals surface area (Å²) in [5, 5.41) is 0. The molecule has 164 valence electrons. The Kier molecular flexibility index (Phi) is 6.45. The molecule has 0 bridgehead atoms. The number of hydrogen-bond donors (Lipinski definition) is 0. The molecule has 3 nitrogen and oxygen atoms in total. The molecule has 34 heavy (non-hydrogen) atoms. The van der Waals surface area contributed by atoms with Crippen LogP contribution in [0.1, 0.15) is 0 Å². The van der Waals surface area contributed by atoms with Gasteiger partial charge in [0.1, 0.15) is 0 Å². The smallest absolute Gasteiger partial charge is 0.220 e. The van der Waals surface area contributed by atoms with Gasteiger partial charge in [0, 0.05) is 22.7 Å². The minimum atomic E-state index is 0.779. The van der Waals surface area contributed by atoms with Crippen LogP contribution in [0.4, 0.5) is 28.4 Å². The van der Waals surface area contributed by atoms with Gasteiger partial charge in [-0.3, -0.25) is 9.80 Å². The lowest BCUT2D eigenvalue weighted by atomic mass is 10.2. The average molecular weight is 440 g/mol. The third-order valence-corrected chi connectivity index (χ3v) is 5.44. The maximum Gasteiger partial charge on any atom is 0.220 e. The number of rotatable bonds is 5. The van der Waals surface area contributed by atoms with E-state index in [2.05, 4.69) is 107 Å². The van der Waals surface area contributed by atoms with Crippen LogP contribution in [0, 0.1) is 0 Å². The van der Waals surface area contributed by atoms with Crippen LogP contribution in [-0.4, -0.2) is 5.96 Å². The van der Waals surface area contributed by atoms with Crippen molar-refractivity contribution in [3.63, 3.8) is 0 Å². The zero-order valence-electron chi connectivity index (χ0n) is 18.8. The molecule has 0 aliphatic carbocycles. The van der Waals surface area contributed by atoms with Crippen LogP contribution < -0.4 is 9.80 Å². The Morgan fingerprint density at radius 3 is 0.912 bits per heavy atom. The number of anilines is 4. The van der Waals surface area contributed by atoms with Crippen molar-refractivity contribution in [3.8, 4) is 0 Å². The lowest BCUT2D eigenvalue weighted by Gasteiger charge is -2.35. The average Bonchev–Trinajstić information content (AvgIpc) is 2.92. The van der Waals surface area contributed by atoms with Crippen LogP contribution in [-0.2, 0) is 0 Å². The molecular formula is C31H25N3. The molecule has 5 aromatic rings. The molecule has 5 rings (SSSR count). The van der Waals surface area contributed by atoms with Crippen LogP contribution in [0.25, 0.3) is 0 Å². The van der Waals surface area contributed by atoms with E-state index in [0.717, 1.165) is 34.4 Å². The summed E-state index contributed by atoms with van der Waals surface area (Å²) in [5.41, 5.74) is 4.99. The van der Waals surface area contributed by atoms with E-state index >= 15 is 0 Å². The number of hydrogen-bond acceptors (Lipinski definition) is 1. The van der Waals surface area contributed by atoms with E-state index in [0.29, 0.717) is 0 Å². The fraction of sp³-hybridized carbons (Fsp3) is 0. The third-order valence-electron chi connectivity index (χ3n) is 5.44. The molecule has 0 radical (unpaired) electrons. The Morgan fingerprint density at radius 1 is 0.353 bits per heavy atom. The van der Waals surface area contributed by atoms with Crippen molar-refractivity contribution in [1.82, 2.24) is 0 Å². The van der Waals surface area contributed by atoms with Gasteiger partial charge in [-0.1, -0.05) is 91.0 Å². The van der Waals surface area contributed by atoms with E-state index in [4.69, 9.17) is 4.99 Å². The summed E-state index contributed by atoms with van der Waals surface area (Å²) in [6.07, 6.45) is 0. The first-order valence-corrected chi connectivity index (χ1v) is 11.3. The molecule has 0 amide bonds. The molecule has 0 aromatic heterocycles. The molecule has 0 heterocycles. The Bertz CT molecular complexity index is 1160. The molecule has 0 N–H and O–H groups in total. The zero-order chi connectivity index (χ0) is 23.0. The van der Waals surface area contributed by atoms with Crippen molar-refractivity contribution >= 4 is 34.4 Å². The SMILES string of the molecule is c1ccc(N=C(N(c2ccccc2)c2ccccc2)N(c2ccccc2)c2ccccc2)cc1. The van der Waals surface area contributed by atoms with E-state index in [1.807, 2.05) is 54.6 Å². The fourth-order valence-electron chi connectivity index (χ4n) is 3.89. The topological polar surface area (TPSA) is 18.8 Å². The Balaban J connectivity index is 1.80. The maximum absolute atomic E-state index is 5.23. The predicted octanol–water partition coefficient (Wildman–Crippen LogP) is 8.35. The van der Waals surface area contributed by atoms with Crippen molar-refractivity contribution in [1.29, 1.82) is 0 Å². The van der Waals surface area contributed by atoms with Gasteiger partial charge in [0.15, 0.2) is 0 Å². The largest absolute Gasteiger partial charge is 0.280 e. The highest BCUT2D eigenvalue weighted by atomic mass is 15.4. The van der Waals surface area contributed by atoms with Gasteiger partial charge in [-0.25, -0.2) is 4.99 Å². The Labute approximate surface area is 200 Å². The summed E-state index contributed by atoms with van der Waals surface area (Å²) in [6, 6.07) is 51.6. The van der Waals surface area contributed by atoms with Gasteiger partial charge in [0.25, 0.3) is 0 Å². The highest BCUT2D eigenvalue weighted by Crippen LogP contribution is 2.34. The van der Waals surface area contributed by atoms with Gasteiger partial charge in [0.05, 0.1) is 5.69 Å². The molecule has 0 spiro atoms. The standard InChI is InChI=1S/C31H25N3/c1-6-16-26(17-7-1)32-31(33(27-18-8-2-9-19-27)28-20-10-3-11-21-28)34(29-22-12-4-13-23-29)30-24-14-5-15-25-30/h1-25H. The molecule has 0 saturated carbocycles. The highest BCUT2D eigenvalue weighted by molar-refractivity contribution is 6.16. The van der Waals surface area contributed by atoms with Crippen LogP contribution in [0.15, 0.2) is 157 Å². The molecule has 5 aromatic carbocycles. The van der Waals surface area contributed by atoms with Crippen molar-refractivity contribution in [2.45, 2.75) is 0 Å². The predicted molar refractivity (Wildman–Crippen MR) is 144 cm³/mol. The number of benzene rings is 5. The first-order valence-electron chi connectivity index (χ1n) is 11.3. The van der Waals surface area contributed by atoms with Gasteiger partial charge < -0.3 is 0 Å². The van der Waals surface area contributed by atoms with Crippen LogP contribution in [0.5, 0.6) is 0 Å². The van der Waals surface area contributed by atoms with Gasteiger partial charge >= 0.3 is 0 Å². The maximum atomic E-state index is 5.23. The second-order valence-electron chi connectivity index (χ2n) is 7.76. The lowest BCUT2D eigenvalue weighted by Crippen LogP contribution is -2.39. The molecule has 0 aliphatic rings. The quantitative estimate of drug-likeness (QED) is 0.202. The van der Waals surface area contributed by atoms with Crippen molar-refractivity contribution in [3.05, 3.63) is 152 Å². The van der Waals surface area contributed by atoms with Gasteiger partial charge in [-0.2, -0.15) is 0 Å². The van der Waals surface area contributed by atoms with Crippen LogP contribution in [0.3, 0.4) is 0 Å².